The van der Waals surface area contributed by atoms with Crippen LogP contribution in [-0.2, 0) is 11.2 Å². The summed E-state index contributed by atoms with van der Waals surface area (Å²) in [6, 6.07) is 15.3. The second kappa shape index (κ2) is 9.21. The quantitative estimate of drug-likeness (QED) is 0.536. The van der Waals surface area contributed by atoms with E-state index in [0.717, 1.165) is 28.3 Å². The van der Waals surface area contributed by atoms with Gasteiger partial charge in [0.1, 0.15) is 0 Å². The van der Waals surface area contributed by atoms with Gasteiger partial charge < -0.3 is 5.32 Å². The molecule has 1 N–H and O–H groups in total. The summed E-state index contributed by atoms with van der Waals surface area (Å²) >= 11 is 13.5. The maximum atomic E-state index is 12.1. The second-order valence-corrected chi connectivity index (χ2v) is 7.46. The second-order valence-electron chi connectivity index (χ2n) is 5.20. The highest BCUT2D eigenvalue weighted by atomic mass is 35.5. The molecule has 0 saturated carbocycles. The van der Waals surface area contributed by atoms with Crippen LogP contribution in [0.2, 0.25) is 10.0 Å². The molecule has 0 spiro atoms. The van der Waals surface area contributed by atoms with Crippen LogP contribution in [-0.4, -0.2) is 17.7 Å². The number of halogens is 2. The average molecular weight is 368 g/mol. The van der Waals surface area contributed by atoms with Gasteiger partial charge in [0.2, 0.25) is 5.91 Å². The first-order valence-electron chi connectivity index (χ1n) is 7.49. The molecule has 23 heavy (non-hydrogen) atoms. The highest BCUT2D eigenvalue weighted by Crippen LogP contribution is 2.24. The lowest BCUT2D eigenvalue weighted by atomic mass is 10.1. The Morgan fingerprint density at radius 2 is 1.83 bits per heavy atom. The van der Waals surface area contributed by atoms with Gasteiger partial charge in [0.25, 0.3) is 0 Å². The van der Waals surface area contributed by atoms with Gasteiger partial charge in [-0.2, -0.15) is 0 Å². The Morgan fingerprint density at radius 3 is 2.52 bits per heavy atom. The fourth-order valence-electron chi connectivity index (χ4n) is 2.11. The average Bonchev–Trinajstić information content (AvgIpc) is 2.55. The third-order valence-corrected chi connectivity index (χ3v) is 5.11. The monoisotopic (exact) mass is 367 g/mol. The van der Waals surface area contributed by atoms with Gasteiger partial charge in [-0.25, -0.2) is 0 Å². The van der Waals surface area contributed by atoms with Crippen LogP contribution in [0.3, 0.4) is 0 Å². The zero-order valence-corrected chi connectivity index (χ0v) is 15.2. The topological polar surface area (TPSA) is 29.1 Å². The normalized spacial score (nSPS) is 12.0. The first-order chi connectivity index (χ1) is 11.1. The smallest absolute Gasteiger partial charge is 0.233 e. The Hall–Kier alpha value is -1.16. The number of carbonyl (C=O) groups is 1. The summed E-state index contributed by atoms with van der Waals surface area (Å²) < 4.78 is 0. The van der Waals surface area contributed by atoms with Gasteiger partial charge in [0, 0.05) is 21.5 Å². The maximum Gasteiger partial charge on any atom is 0.233 e. The molecule has 1 atom stereocenters. The summed E-state index contributed by atoms with van der Waals surface area (Å²) in [7, 11) is 0. The summed E-state index contributed by atoms with van der Waals surface area (Å²) in [5, 5.41) is 4.32. The van der Waals surface area contributed by atoms with Gasteiger partial charge in [-0.3, -0.25) is 4.79 Å². The molecule has 122 valence electrons. The minimum absolute atomic E-state index is 0.0455. The molecule has 2 nitrogen and oxygen atoms in total. The number of rotatable bonds is 7. The molecule has 0 saturated heterocycles. The molecule has 5 heteroatoms. The van der Waals surface area contributed by atoms with E-state index in [1.807, 2.05) is 55.5 Å². The molecular weight excluding hydrogens is 349 g/mol. The minimum atomic E-state index is -0.142. The fraction of sp³-hybridized carbons (Fsp3) is 0.278. The van der Waals surface area contributed by atoms with Crippen molar-refractivity contribution in [3.8, 4) is 0 Å². The van der Waals surface area contributed by atoms with Gasteiger partial charge in [-0.15, -0.1) is 11.8 Å². The third kappa shape index (κ3) is 6.09. The van der Waals surface area contributed by atoms with Crippen molar-refractivity contribution in [3.63, 3.8) is 0 Å². The van der Waals surface area contributed by atoms with E-state index in [1.54, 1.807) is 0 Å². The van der Waals surface area contributed by atoms with E-state index in [0.29, 0.717) is 11.6 Å². The standard InChI is InChI=1S/C18H19Cl2NOS/c1-13(23-16-10-8-15(19)9-11-16)18(22)21-12-4-6-14-5-2-3-7-17(14)20/h2-3,5,7-11,13H,4,6,12H2,1H3,(H,21,22)/t13-/m1/s1. The van der Waals surface area contributed by atoms with Crippen LogP contribution < -0.4 is 5.32 Å². The lowest BCUT2D eigenvalue weighted by molar-refractivity contribution is -0.120. The molecule has 0 aliphatic rings. The first-order valence-corrected chi connectivity index (χ1v) is 9.13. The van der Waals surface area contributed by atoms with E-state index in [9.17, 15) is 4.79 Å². The van der Waals surface area contributed by atoms with Crippen LogP contribution in [0.5, 0.6) is 0 Å². The lowest BCUT2D eigenvalue weighted by Gasteiger charge is -2.12. The molecule has 2 aromatic carbocycles. The van der Waals surface area contributed by atoms with Gasteiger partial charge in [0.15, 0.2) is 0 Å². The van der Waals surface area contributed by atoms with Crippen LogP contribution in [0.1, 0.15) is 18.9 Å². The number of hydrogen-bond donors (Lipinski definition) is 1. The Morgan fingerprint density at radius 1 is 1.13 bits per heavy atom. The molecule has 0 aromatic heterocycles. The largest absolute Gasteiger partial charge is 0.355 e. The van der Waals surface area contributed by atoms with E-state index in [2.05, 4.69) is 5.32 Å². The molecule has 0 aliphatic carbocycles. The van der Waals surface area contributed by atoms with E-state index in [4.69, 9.17) is 23.2 Å². The van der Waals surface area contributed by atoms with Crippen molar-refractivity contribution >= 4 is 40.9 Å². The van der Waals surface area contributed by atoms with Crippen molar-refractivity contribution in [2.75, 3.05) is 6.54 Å². The van der Waals surface area contributed by atoms with Gasteiger partial charge in [-0.1, -0.05) is 41.4 Å². The molecular formula is C18H19Cl2NOS. The Labute approximate surface area is 151 Å². The molecule has 0 fully saturated rings. The molecule has 2 rings (SSSR count). The first kappa shape index (κ1) is 18.2. The molecule has 0 bridgehead atoms. The Balaban J connectivity index is 1.72. The molecule has 0 radical (unpaired) electrons. The predicted octanol–water partition coefficient (Wildman–Crippen LogP) is 5.22. The van der Waals surface area contributed by atoms with Crippen molar-refractivity contribution in [1.29, 1.82) is 0 Å². The zero-order chi connectivity index (χ0) is 16.7. The molecule has 0 aliphatic heterocycles. The number of aryl methyl sites for hydroxylation is 1. The highest BCUT2D eigenvalue weighted by Gasteiger charge is 2.13. The summed E-state index contributed by atoms with van der Waals surface area (Å²) in [5.41, 5.74) is 1.12. The van der Waals surface area contributed by atoms with E-state index in [-0.39, 0.29) is 11.2 Å². The maximum absolute atomic E-state index is 12.1. The van der Waals surface area contributed by atoms with Crippen molar-refractivity contribution in [2.24, 2.45) is 0 Å². The number of benzene rings is 2. The van der Waals surface area contributed by atoms with E-state index in [1.165, 1.54) is 11.8 Å². The minimum Gasteiger partial charge on any atom is -0.355 e. The molecule has 2 aromatic rings. The number of thioether (sulfide) groups is 1. The summed E-state index contributed by atoms with van der Waals surface area (Å²) in [6.07, 6.45) is 1.73. The van der Waals surface area contributed by atoms with Crippen molar-refractivity contribution in [3.05, 3.63) is 64.1 Å². The highest BCUT2D eigenvalue weighted by molar-refractivity contribution is 8.00. The summed E-state index contributed by atoms with van der Waals surface area (Å²) in [4.78, 5) is 13.1. The molecule has 0 heterocycles. The zero-order valence-electron chi connectivity index (χ0n) is 12.9. The van der Waals surface area contributed by atoms with Crippen LogP contribution in [0.4, 0.5) is 0 Å². The fourth-order valence-corrected chi connectivity index (χ4v) is 3.35. The van der Waals surface area contributed by atoms with Crippen LogP contribution in [0, 0.1) is 0 Å². The lowest BCUT2D eigenvalue weighted by Crippen LogP contribution is -2.31. The summed E-state index contributed by atoms with van der Waals surface area (Å²) in [6.45, 7) is 2.55. The predicted molar refractivity (Wildman–Crippen MR) is 99.6 cm³/mol. The van der Waals surface area contributed by atoms with Gasteiger partial charge in [-0.05, 0) is 55.7 Å². The number of hydrogen-bond acceptors (Lipinski definition) is 2. The number of amides is 1. The van der Waals surface area contributed by atoms with Gasteiger partial charge >= 0.3 is 0 Å². The number of carbonyl (C=O) groups excluding carboxylic acids is 1. The van der Waals surface area contributed by atoms with Gasteiger partial charge in [0.05, 0.1) is 5.25 Å². The van der Waals surface area contributed by atoms with Crippen LogP contribution >= 0.6 is 35.0 Å². The van der Waals surface area contributed by atoms with E-state index < -0.39 is 0 Å². The van der Waals surface area contributed by atoms with E-state index >= 15 is 0 Å². The van der Waals surface area contributed by atoms with Crippen molar-refractivity contribution < 1.29 is 4.79 Å². The van der Waals surface area contributed by atoms with Crippen LogP contribution in [0.15, 0.2) is 53.4 Å². The Kier molecular flexibility index (Phi) is 7.28. The van der Waals surface area contributed by atoms with Crippen molar-refractivity contribution in [1.82, 2.24) is 5.32 Å². The van der Waals surface area contributed by atoms with Crippen LogP contribution in [0.25, 0.3) is 0 Å². The summed E-state index contributed by atoms with van der Waals surface area (Å²) in [5.74, 6) is 0.0455. The third-order valence-electron chi connectivity index (χ3n) is 3.38. The Bertz CT molecular complexity index is 646. The number of nitrogens with one attached hydrogen (secondary N) is 1. The van der Waals surface area contributed by atoms with Crippen molar-refractivity contribution in [2.45, 2.75) is 29.9 Å². The molecule has 0 unspecified atom stereocenters. The molecule has 1 amide bonds. The SMILES string of the molecule is C[C@@H](Sc1ccc(Cl)cc1)C(=O)NCCCc1ccccc1Cl.